The molecule has 0 saturated heterocycles. The summed E-state index contributed by atoms with van der Waals surface area (Å²) >= 11 is 0. The summed E-state index contributed by atoms with van der Waals surface area (Å²) in [5.74, 6) is 0.0401. The normalized spacial score (nSPS) is 15.0. The minimum Gasteiger partial charge on any atom is -0.464 e. The minimum absolute atomic E-state index is 0.0401. The molecule has 0 amide bonds. The molecule has 0 fully saturated rings. The van der Waals surface area contributed by atoms with Crippen molar-refractivity contribution in [2.45, 2.75) is 38.2 Å². The second kappa shape index (κ2) is 6.33. The molecule has 1 N–H and O–H groups in total. The zero-order chi connectivity index (χ0) is 14.6. The molecular formula is C12H18O6S. The summed E-state index contributed by atoms with van der Waals surface area (Å²) in [6.07, 6.45) is -1.22. The molecule has 0 aliphatic rings. The summed E-state index contributed by atoms with van der Waals surface area (Å²) < 4.78 is 47.2. The van der Waals surface area contributed by atoms with Crippen LogP contribution in [0, 0.1) is 6.92 Å². The average Bonchev–Trinajstić information content (AvgIpc) is 2.26. The van der Waals surface area contributed by atoms with Crippen LogP contribution in [-0.2, 0) is 19.6 Å². The Morgan fingerprint density at radius 3 is 2.37 bits per heavy atom. The van der Waals surface area contributed by atoms with Crippen LogP contribution >= 0.6 is 0 Å². The van der Waals surface area contributed by atoms with E-state index in [4.69, 9.17) is 18.8 Å². The van der Waals surface area contributed by atoms with E-state index in [1.54, 1.807) is 26.8 Å². The first-order chi connectivity index (χ1) is 8.74. The van der Waals surface area contributed by atoms with Crippen LogP contribution < -0.4 is 4.74 Å². The molecule has 0 heterocycles. The molecular weight excluding hydrogens is 272 g/mol. The van der Waals surface area contributed by atoms with Gasteiger partial charge in [0, 0.05) is 7.11 Å². The molecule has 2 atom stereocenters. The van der Waals surface area contributed by atoms with Gasteiger partial charge in [0.1, 0.15) is 10.6 Å². The number of rotatable bonds is 6. The van der Waals surface area contributed by atoms with Gasteiger partial charge in [0.05, 0.1) is 0 Å². The van der Waals surface area contributed by atoms with Gasteiger partial charge >= 0.3 is 0 Å². The van der Waals surface area contributed by atoms with Crippen LogP contribution in [0.5, 0.6) is 5.75 Å². The van der Waals surface area contributed by atoms with Gasteiger partial charge < -0.3 is 14.2 Å². The second-order valence-corrected chi connectivity index (χ2v) is 5.44. The summed E-state index contributed by atoms with van der Waals surface area (Å²) in [6.45, 7) is 5.06. The van der Waals surface area contributed by atoms with Crippen LogP contribution in [0.25, 0.3) is 0 Å². The molecule has 0 saturated carbocycles. The Kier molecular flexibility index (Phi) is 5.30. The first-order valence-electron chi connectivity index (χ1n) is 5.67. The van der Waals surface area contributed by atoms with E-state index in [1.165, 1.54) is 19.2 Å². The summed E-state index contributed by atoms with van der Waals surface area (Å²) in [6, 6.07) is 4.37. The van der Waals surface area contributed by atoms with E-state index in [0.29, 0.717) is 0 Å². The van der Waals surface area contributed by atoms with Gasteiger partial charge in [-0.3, -0.25) is 4.55 Å². The lowest BCUT2D eigenvalue weighted by molar-refractivity contribution is -0.193. The minimum atomic E-state index is -4.34. The summed E-state index contributed by atoms with van der Waals surface area (Å²) in [7, 11) is -2.86. The highest BCUT2D eigenvalue weighted by atomic mass is 32.2. The van der Waals surface area contributed by atoms with E-state index in [9.17, 15) is 8.42 Å². The van der Waals surface area contributed by atoms with E-state index in [1.807, 2.05) is 0 Å². The van der Waals surface area contributed by atoms with Crippen molar-refractivity contribution in [3.8, 4) is 5.75 Å². The van der Waals surface area contributed by atoms with Crippen molar-refractivity contribution in [2.75, 3.05) is 7.11 Å². The van der Waals surface area contributed by atoms with Crippen molar-refractivity contribution in [1.82, 2.24) is 0 Å². The van der Waals surface area contributed by atoms with Gasteiger partial charge in [0.25, 0.3) is 10.1 Å². The van der Waals surface area contributed by atoms with Gasteiger partial charge in [0.2, 0.25) is 0 Å². The molecule has 0 aliphatic heterocycles. The van der Waals surface area contributed by atoms with Crippen molar-refractivity contribution in [3.05, 3.63) is 23.8 Å². The number of hydrogen-bond acceptors (Lipinski definition) is 5. The molecule has 1 aromatic carbocycles. The maximum Gasteiger partial charge on any atom is 0.298 e. The van der Waals surface area contributed by atoms with E-state index in [2.05, 4.69) is 0 Å². The molecule has 108 valence electrons. The number of benzene rings is 1. The maximum absolute atomic E-state index is 11.2. The molecule has 6 nitrogen and oxygen atoms in total. The van der Waals surface area contributed by atoms with Crippen LogP contribution in [0.1, 0.15) is 19.4 Å². The van der Waals surface area contributed by atoms with E-state index in [0.717, 1.165) is 5.56 Å². The zero-order valence-corrected chi connectivity index (χ0v) is 12.1. The highest BCUT2D eigenvalue weighted by Crippen LogP contribution is 2.26. The van der Waals surface area contributed by atoms with E-state index < -0.39 is 22.7 Å². The molecule has 0 aliphatic carbocycles. The maximum atomic E-state index is 11.2. The highest BCUT2D eigenvalue weighted by molar-refractivity contribution is 7.86. The van der Waals surface area contributed by atoms with Crippen LogP contribution in [-0.4, -0.2) is 32.7 Å². The number of aryl methyl sites for hydroxylation is 1. The largest absolute Gasteiger partial charge is 0.464 e. The number of methoxy groups -OCH3 is 1. The lowest BCUT2D eigenvalue weighted by atomic mass is 10.2. The van der Waals surface area contributed by atoms with Crippen molar-refractivity contribution in [3.63, 3.8) is 0 Å². The van der Waals surface area contributed by atoms with Gasteiger partial charge in [-0.2, -0.15) is 8.42 Å². The lowest BCUT2D eigenvalue weighted by Gasteiger charge is -2.20. The standard InChI is InChI=1S/C12H18O6S/c1-8-5-6-12(19(13,14)15)11(7-8)18-10(3)17-9(2)16-4/h5-7,9-10H,1-4H3,(H,13,14,15). The molecule has 7 heteroatoms. The molecule has 2 unspecified atom stereocenters. The summed E-state index contributed by atoms with van der Waals surface area (Å²) in [5.41, 5.74) is 0.800. The molecule has 19 heavy (non-hydrogen) atoms. The van der Waals surface area contributed by atoms with Crippen molar-refractivity contribution in [2.24, 2.45) is 0 Å². The van der Waals surface area contributed by atoms with Crippen molar-refractivity contribution >= 4 is 10.1 Å². The predicted molar refractivity (Wildman–Crippen MR) is 68.6 cm³/mol. The first-order valence-corrected chi connectivity index (χ1v) is 7.11. The second-order valence-electron chi connectivity index (χ2n) is 4.05. The average molecular weight is 290 g/mol. The summed E-state index contributed by atoms with van der Waals surface area (Å²) in [5, 5.41) is 0. The smallest absolute Gasteiger partial charge is 0.298 e. The third kappa shape index (κ3) is 4.79. The molecule has 1 aromatic rings. The van der Waals surface area contributed by atoms with Crippen LogP contribution in [0.3, 0.4) is 0 Å². The van der Waals surface area contributed by atoms with Crippen molar-refractivity contribution in [1.29, 1.82) is 0 Å². The van der Waals surface area contributed by atoms with E-state index >= 15 is 0 Å². The quantitative estimate of drug-likeness (QED) is 0.637. The zero-order valence-electron chi connectivity index (χ0n) is 11.3. The Labute approximate surface area is 113 Å². The Morgan fingerprint density at radius 1 is 1.21 bits per heavy atom. The van der Waals surface area contributed by atoms with Crippen LogP contribution in [0.15, 0.2) is 23.1 Å². The van der Waals surface area contributed by atoms with Gasteiger partial charge in [-0.25, -0.2) is 0 Å². The molecule has 0 aromatic heterocycles. The molecule has 0 bridgehead atoms. The van der Waals surface area contributed by atoms with Crippen LogP contribution in [0.4, 0.5) is 0 Å². The Hall–Kier alpha value is -1.15. The molecule has 1 rings (SSSR count). The van der Waals surface area contributed by atoms with Crippen LogP contribution in [0.2, 0.25) is 0 Å². The van der Waals surface area contributed by atoms with E-state index in [-0.39, 0.29) is 10.6 Å². The van der Waals surface area contributed by atoms with Gasteiger partial charge in [-0.1, -0.05) is 6.07 Å². The topological polar surface area (TPSA) is 82.1 Å². The number of hydrogen-bond donors (Lipinski definition) is 1. The van der Waals surface area contributed by atoms with Gasteiger partial charge in [-0.15, -0.1) is 0 Å². The fourth-order valence-electron chi connectivity index (χ4n) is 1.45. The molecule has 0 spiro atoms. The Bertz CT molecular complexity index is 525. The van der Waals surface area contributed by atoms with Gasteiger partial charge in [-0.05, 0) is 38.5 Å². The predicted octanol–water partition coefficient (Wildman–Crippen LogP) is 1.98. The first kappa shape index (κ1) is 15.9. The Morgan fingerprint density at radius 2 is 1.84 bits per heavy atom. The fraction of sp³-hybridized carbons (Fsp3) is 0.500. The lowest BCUT2D eigenvalue weighted by Crippen LogP contribution is -2.24. The number of ether oxygens (including phenoxy) is 3. The van der Waals surface area contributed by atoms with Crippen molar-refractivity contribution < 1.29 is 27.2 Å². The fourth-order valence-corrected chi connectivity index (χ4v) is 2.05. The molecule has 0 radical (unpaired) electrons. The SMILES string of the molecule is COC(C)OC(C)Oc1cc(C)ccc1S(=O)(=O)O. The highest BCUT2D eigenvalue weighted by Gasteiger charge is 2.19. The third-order valence-corrected chi connectivity index (χ3v) is 3.28. The summed E-state index contributed by atoms with van der Waals surface area (Å²) in [4.78, 5) is -0.293. The monoisotopic (exact) mass is 290 g/mol. The van der Waals surface area contributed by atoms with Gasteiger partial charge in [0.15, 0.2) is 12.6 Å². The Balaban J connectivity index is 2.97. The third-order valence-electron chi connectivity index (χ3n) is 2.39.